The number of anilines is 2. The van der Waals surface area contributed by atoms with Crippen molar-refractivity contribution >= 4 is 44.9 Å². The molecule has 0 fully saturated rings. The molecule has 0 spiro atoms. The van der Waals surface area contributed by atoms with E-state index in [2.05, 4.69) is 31.7 Å². The lowest BCUT2D eigenvalue weighted by Crippen LogP contribution is -2.35. The zero-order valence-electron chi connectivity index (χ0n) is 16.8. The summed E-state index contributed by atoms with van der Waals surface area (Å²) >= 11 is 9.16. The van der Waals surface area contributed by atoms with E-state index in [0.717, 1.165) is 22.7 Å². The second kappa shape index (κ2) is 8.81. The summed E-state index contributed by atoms with van der Waals surface area (Å²) in [6.07, 6.45) is -9.71. The Kier molecular flexibility index (Phi) is 6.32. The molecule has 13 heteroatoms. The number of benzene rings is 2. The summed E-state index contributed by atoms with van der Waals surface area (Å²) in [5.41, 5.74) is -1.21. The van der Waals surface area contributed by atoms with Crippen molar-refractivity contribution in [2.45, 2.75) is 30.9 Å². The van der Waals surface area contributed by atoms with Gasteiger partial charge in [-0.05, 0) is 35.9 Å². The van der Waals surface area contributed by atoms with Crippen molar-refractivity contribution in [2.75, 3.05) is 10.6 Å². The highest BCUT2D eigenvalue weighted by Gasteiger charge is 2.46. The van der Waals surface area contributed by atoms with Gasteiger partial charge in [0.1, 0.15) is 5.82 Å². The Morgan fingerprint density at radius 3 is 2.38 bits per heavy atom. The molecule has 0 saturated carbocycles. The maximum Gasteiger partial charge on any atom is 0.416 e. The van der Waals surface area contributed by atoms with Gasteiger partial charge in [0.05, 0.1) is 22.3 Å². The second-order valence-electron chi connectivity index (χ2n) is 7.55. The third kappa shape index (κ3) is 5.02. The van der Waals surface area contributed by atoms with Gasteiger partial charge in [-0.2, -0.15) is 31.4 Å². The molecule has 1 aliphatic rings. The topological polar surface area (TPSA) is 59.0 Å². The van der Waals surface area contributed by atoms with E-state index in [1.165, 1.54) is 0 Å². The lowest BCUT2D eigenvalue weighted by molar-refractivity contribution is -0.173. The summed E-state index contributed by atoms with van der Waals surface area (Å²) in [6.45, 7) is 0. The van der Waals surface area contributed by atoms with Crippen LogP contribution in [0.25, 0.3) is 0 Å². The van der Waals surface area contributed by atoms with E-state index in [4.69, 9.17) is 11.6 Å². The van der Waals surface area contributed by atoms with Crippen molar-refractivity contribution in [1.82, 2.24) is 9.78 Å². The summed E-state index contributed by atoms with van der Waals surface area (Å²) in [6, 6.07) is 7.46. The SMILES string of the molecule is O=C(Nc1cc(C(F)(F)F)ccc1Cl)c1cc2n(n1)[C@@H](C(F)(F)F)C[C@@H](c1ccc(Br)cc1)N2. The van der Waals surface area contributed by atoms with E-state index in [0.29, 0.717) is 16.3 Å². The average Bonchev–Trinajstić information content (AvgIpc) is 3.18. The summed E-state index contributed by atoms with van der Waals surface area (Å²) in [4.78, 5) is 12.6. The first-order chi connectivity index (χ1) is 15.8. The minimum Gasteiger partial charge on any atom is -0.363 e. The van der Waals surface area contributed by atoms with Crippen LogP contribution in [0.3, 0.4) is 0 Å². The van der Waals surface area contributed by atoms with E-state index < -0.39 is 41.6 Å². The maximum absolute atomic E-state index is 13.8. The van der Waals surface area contributed by atoms with E-state index in [1.807, 2.05) is 0 Å². The van der Waals surface area contributed by atoms with E-state index in [1.54, 1.807) is 24.3 Å². The third-order valence-corrected chi connectivity index (χ3v) is 6.10. The lowest BCUT2D eigenvalue weighted by Gasteiger charge is -2.33. The van der Waals surface area contributed by atoms with Gasteiger partial charge in [-0.15, -0.1) is 0 Å². The molecule has 180 valence electrons. The highest BCUT2D eigenvalue weighted by Crippen LogP contribution is 2.44. The molecule has 0 unspecified atom stereocenters. The fourth-order valence-electron chi connectivity index (χ4n) is 3.58. The van der Waals surface area contributed by atoms with Crippen molar-refractivity contribution in [3.63, 3.8) is 0 Å². The van der Waals surface area contributed by atoms with Gasteiger partial charge < -0.3 is 10.6 Å². The molecule has 2 heterocycles. The van der Waals surface area contributed by atoms with Gasteiger partial charge in [-0.3, -0.25) is 4.79 Å². The Morgan fingerprint density at radius 2 is 1.76 bits per heavy atom. The number of alkyl halides is 6. The predicted octanol–water partition coefficient (Wildman–Crippen LogP) is 7.23. The van der Waals surface area contributed by atoms with Crippen LogP contribution in [-0.2, 0) is 6.18 Å². The highest BCUT2D eigenvalue weighted by atomic mass is 79.9. The molecule has 1 amide bonds. The van der Waals surface area contributed by atoms with Gasteiger partial charge in [0.25, 0.3) is 5.91 Å². The Bertz CT molecular complexity index is 1230. The van der Waals surface area contributed by atoms with Crippen LogP contribution in [-0.4, -0.2) is 21.9 Å². The zero-order chi connectivity index (χ0) is 24.8. The molecule has 1 aromatic heterocycles. The fourth-order valence-corrected chi connectivity index (χ4v) is 4.01. The van der Waals surface area contributed by atoms with Crippen molar-refractivity contribution in [2.24, 2.45) is 0 Å². The molecule has 5 nitrogen and oxygen atoms in total. The Hall–Kier alpha value is -2.73. The van der Waals surface area contributed by atoms with Crippen molar-refractivity contribution in [1.29, 1.82) is 0 Å². The first-order valence-electron chi connectivity index (χ1n) is 9.69. The van der Waals surface area contributed by atoms with Crippen LogP contribution < -0.4 is 10.6 Å². The molecule has 1 aliphatic heterocycles. The number of carbonyl (C=O) groups is 1. The van der Waals surface area contributed by atoms with Crippen LogP contribution >= 0.6 is 27.5 Å². The molecule has 2 atom stereocenters. The largest absolute Gasteiger partial charge is 0.416 e. The second-order valence-corrected chi connectivity index (χ2v) is 8.87. The highest BCUT2D eigenvalue weighted by molar-refractivity contribution is 9.10. The molecular weight excluding hydrogens is 554 g/mol. The lowest BCUT2D eigenvalue weighted by atomic mass is 9.97. The fraction of sp³-hybridized carbons (Fsp3) is 0.238. The minimum absolute atomic E-state index is 0.0539. The van der Waals surface area contributed by atoms with E-state index in [-0.39, 0.29) is 22.9 Å². The number of carbonyl (C=O) groups excluding carboxylic acids is 1. The van der Waals surface area contributed by atoms with Crippen LogP contribution in [0.15, 0.2) is 53.0 Å². The first-order valence-corrected chi connectivity index (χ1v) is 10.9. The van der Waals surface area contributed by atoms with Gasteiger partial charge in [-0.1, -0.05) is 39.7 Å². The number of amides is 1. The Morgan fingerprint density at radius 1 is 1.09 bits per heavy atom. The number of hydrogen-bond acceptors (Lipinski definition) is 3. The van der Waals surface area contributed by atoms with Crippen LogP contribution in [0.4, 0.5) is 37.8 Å². The van der Waals surface area contributed by atoms with Gasteiger partial charge in [-0.25, -0.2) is 4.68 Å². The predicted molar refractivity (Wildman–Crippen MR) is 117 cm³/mol. The van der Waals surface area contributed by atoms with E-state index >= 15 is 0 Å². The van der Waals surface area contributed by atoms with Crippen molar-refractivity contribution in [3.05, 3.63) is 74.8 Å². The number of nitrogens with one attached hydrogen (secondary N) is 2. The van der Waals surface area contributed by atoms with Crippen molar-refractivity contribution < 1.29 is 31.1 Å². The quantitative estimate of drug-likeness (QED) is 0.328. The maximum atomic E-state index is 13.8. The number of rotatable bonds is 3. The average molecular weight is 568 g/mol. The molecule has 0 saturated heterocycles. The number of nitrogens with zero attached hydrogens (tertiary/aromatic N) is 2. The number of halogens is 8. The zero-order valence-corrected chi connectivity index (χ0v) is 19.1. The normalized spacial score (nSPS) is 18.2. The van der Waals surface area contributed by atoms with Gasteiger partial charge >= 0.3 is 12.4 Å². The Balaban J connectivity index is 1.64. The summed E-state index contributed by atoms with van der Waals surface area (Å²) in [7, 11) is 0. The smallest absolute Gasteiger partial charge is 0.363 e. The summed E-state index contributed by atoms with van der Waals surface area (Å²) in [5, 5.41) is 8.75. The molecule has 3 aromatic rings. The number of aromatic nitrogens is 2. The van der Waals surface area contributed by atoms with Crippen LogP contribution in [0.2, 0.25) is 5.02 Å². The summed E-state index contributed by atoms with van der Waals surface area (Å²) < 4.78 is 81.8. The standard InChI is InChI=1S/C21H14BrClF6N4O/c22-12-4-1-10(2-5-12)14-8-17(21(27,28)29)33-18(30-14)9-16(32-33)19(34)31-15-7-11(20(24,25)26)3-6-13(15)23/h1-7,9,14,17,30H,8H2,(H,31,34)/t14-,17+/m0/s1. The van der Waals surface area contributed by atoms with Gasteiger partial charge in [0.15, 0.2) is 11.7 Å². The molecule has 2 aromatic carbocycles. The molecule has 0 bridgehead atoms. The minimum atomic E-state index is -4.68. The number of fused-ring (bicyclic) bond motifs is 1. The molecule has 4 rings (SSSR count). The van der Waals surface area contributed by atoms with Crippen LogP contribution in [0.1, 0.15) is 40.1 Å². The first kappa shape index (κ1) is 24.4. The number of hydrogen-bond donors (Lipinski definition) is 2. The molecular formula is C21H14BrClF6N4O. The molecule has 0 aliphatic carbocycles. The Labute approximate surface area is 202 Å². The molecule has 34 heavy (non-hydrogen) atoms. The third-order valence-electron chi connectivity index (χ3n) is 5.24. The monoisotopic (exact) mass is 566 g/mol. The van der Waals surface area contributed by atoms with E-state index in [9.17, 15) is 31.1 Å². The van der Waals surface area contributed by atoms with Gasteiger partial charge in [0, 0.05) is 17.0 Å². The molecule has 2 N–H and O–H groups in total. The molecule has 0 radical (unpaired) electrons. The summed E-state index contributed by atoms with van der Waals surface area (Å²) in [5.74, 6) is -1.06. The van der Waals surface area contributed by atoms with Crippen molar-refractivity contribution in [3.8, 4) is 0 Å². The van der Waals surface area contributed by atoms with Gasteiger partial charge in [0.2, 0.25) is 0 Å². The van der Waals surface area contributed by atoms with Crippen LogP contribution in [0, 0.1) is 0 Å². The van der Waals surface area contributed by atoms with Crippen LogP contribution in [0.5, 0.6) is 0 Å².